The summed E-state index contributed by atoms with van der Waals surface area (Å²) in [5.41, 5.74) is -0.119. The molecule has 0 spiro atoms. The molecule has 0 saturated carbocycles. The molecule has 0 aliphatic heterocycles. The van der Waals surface area contributed by atoms with Crippen LogP contribution in [0.3, 0.4) is 0 Å². The van der Waals surface area contributed by atoms with Crippen molar-refractivity contribution in [1.82, 2.24) is 4.90 Å². The maximum Gasteiger partial charge on any atom is 0.352 e. The van der Waals surface area contributed by atoms with Gasteiger partial charge >= 0.3 is 5.97 Å². The molecule has 5 nitrogen and oxygen atoms in total. The van der Waals surface area contributed by atoms with Crippen molar-refractivity contribution in [1.29, 1.82) is 5.26 Å². The SMILES string of the molecule is CC.CCOC(=O)/C(C#N)=C(/C=C/N(C)C)OCC. The van der Waals surface area contributed by atoms with Crippen LogP contribution in [0.5, 0.6) is 0 Å². The van der Waals surface area contributed by atoms with Crippen LogP contribution in [-0.2, 0) is 14.3 Å². The van der Waals surface area contributed by atoms with E-state index < -0.39 is 5.97 Å². The Labute approximate surface area is 116 Å². The minimum absolute atomic E-state index is 0.119. The number of carbonyl (C=O) groups is 1. The van der Waals surface area contributed by atoms with E-state index in [4.69, 9.17) is 14.7 Å². The number of rotatable bonds is 6. The number of hydrogen-bond donors (Lipinski definition) is 0. The lowest BCUT2D eigenvalue weighted by atomic mass is 10.2. The Morgan fingerprint density at radius 2 is 1.74 bits per heavy atom. The summed E-state index contributed by atoms with van der Waals surface area (Å²) in [6, 6.07) is 1.81. The van der Waals surface area contributed by atoms with Crippen LogP contribution in [0.1, 0.15) is 27.7 Å². The highest BCUT2D eigenvalue weighted by atomic mass is 16.5. The minimum atomic E-state index is -0.665. The van der Waals surface area contributed by atoms with E-state index in [-0.39, 0.29) is 17.9 Å². The number of ether oxygens (including phenoxy) is 2. The van der Waals surface area contributed by atoms with Gasteiger partial charge < -0.3 is 14.4 Å². The largest absolute Gasteiger partial charge is 0.492 e. The summed E-state index contributed by atoms with van der Waals surface area (Å²) in [5.74, 6) is -0.441. The Morgan fingerprint density at radius 1 is 1.21 bits per heavy atom. The molecule has 0 atom stereocenters. The van der Waals surface area contributed by atoms with Gasteiger partial charge in [0.2, 0.25) is 0 Å². The molecule has 0 saturated heterocycles. The zero-order valence-electron chi connectivity index (χ0n) is 12.7. The van der Waals surface area contributed by atoms with E-state index in [0.717, 1.165) is 0 Å². The molecule has 0 amide bonds. The highest BCUT2D eigenvalue weighted by Gasteiger charge is 2.16. The van der Waals surface area contributed by atoms with Crippen molar-refractivity contribution in [3.05, 3.63) is 23.6 Å². The molecule has 0 fully saturated rings. The summed E-state index contributed by atoms with van der Waals surface area (Å²) in [7, 11) is 3.66. The number of esters is 1. The molecule has 19 heavy (non-hydrogen) atoms. The third-order valence-corrected chi connectivity index (χ3v) is 1.66. The first kappa shape index (κ1) is 19.4. The number of hydrogen-bond acceptors (Lipinski definition) is 5. The lowest BCUT2D eigenvalue weighted by Crippen LogP contribution is -2.10. The minimum Gasteiger partial charge on any atom is -0.492 e. The number of nitrogens with zero attached hydrogens (tertiary/aromatic N) is 2. The molecule has 108 valence electrons. The third kappa shape index (κ3) is 8.72. The summed E-state index contributed by atoms with van der Waals surface area (Å²) in [4.78, 5) is 13.3. The standard InChI is InChI=1S/C12H18N2O3.C2H6/c1-5-16-11(7-8-14(3)4)10(9-13)12(15)17-6-2;1-2/h7-8H,5-6H2,1-4H3;1-2H3/b8-7+,11-10-;. The fraction of sp³-hybridized carbons (Fsp3) is 0.571. The second kappa shape index (κ2) is 12.5. The van der Waals surface area contributed by atoms with Crippen molar-refractivity contribution in [3.8, 4) is 6.07 Å². The summed E-state index contributed by atoms with van der Waals surface area (Å²) >= 11 is 0. The Hall–Kier alpha value is -1.96. The zero-order chi connectivity index (χ0) is 15.3. The van der Waals surface area contributed by atoms with Crippen molar-refractivity contribution in [2.24, 2.45) is 0 Å². The van der Waals surface area contributed by atoms with Gasteiger partial charge in [0, 0.05) is 20.3 Å². The van der Waals surface area contributed by atoms with Gasteiger partial charge in [0.15, 0.2) is 5.57 Å². The molecule has 0 unspecified atom stereocenters. The van der Waals surface area contributed by atoms with Gasteiger partial charge in [-0.1, -0.05) is 13.8 Å². The smallest absolute Gasteiger partial charge is 0.352 e. The van der Waals surface area contributed by atoms with E-state index in [9.17, 15) is 4.79 Å². The Morgan fingerprint density at radius 3 is 2.11 bits per heavy atom. The molecule has 0 N–H and O–H groups in total. The molecule has 0 aliphatic rings. The molecule has 0 aromatic heterocycles. The van der Waals surface area contributed by atoms with E-state index in [1.807, 2.05) is 27.9 Å². The predicted molar refractivity (Wildman–Crippen MR) is 75.1 cm³/mol. The van der Waals surface area contributed by atoms with Crippen LogP contribution in [0.15, 0.2) is 23.6 Å². The van der Waals surface area contributed by atoms with E-state index in [0.29, 0.717) is 6.61 Å². The molecule has 0 aliphatic carbocycles. The van der Waals surface area contributed by atoms with Gasteiger partial charge in [0.25, 0.3) is 0 Å². The van der Waals surface area contributed by atoms with Crippen molar-refractivity contribution >= 4 is 5.97 Å². The topological polar surface area (TPSA) is 62.6 Å². The van der Waals surface area contributed by atoms with Crippen molar-refractivity contribution in [2.75, 3.05) is 27.3 Å². The van der Waals surface area contributed by atoms with Crippen LogP contribution < -0.4 is 0 Å². The van der Waals surface area contributed by atoms with Crippen LogP contribution in [0, 0.1) is 11.3 Å². The molecule has 0 rings (SSSR count). The van der Waals surface area contributed by atoms with Gasteiger partial charge in [-0.3, -0.25) is 0 Å². The van der Waals surface area contributed by atoms with Crippen LogP contribution in [0.25, 0.3) is 0 Å². The van der Waals surface area contributed by atoms with Crippen LogP contribution >= 0.6 is 0 Å². The van der Waals surface area contributed by atoms with Gasteiger partial charge in [0.1, 0.15) is 11.8 Å². The summed E-state index contributed by atoms with van der Waals surface area (Å²) in [6.07, 6.45) is 3.26. The van der Waals surface area contributed by atoms with Gasteiger partial charge in [-0.15, -0.1) is 0 Å². The molecule has 5 heteroatoms. The van der Waals surface area contributed by atoms with Crippen LogP contribution in [0.2, 0.25) is 0 Å². The average molecular weight is 268 g/mol. The summed E-state index contributed by atoms with van der Waals surface area (Å²) in [6.45, 7) is 8.06. The first-order valence-corrected chi connectivity index (χ1v) is 6.35. The highest BCUT2D eigenvalue weighted by molar-refractivity contribution is 5.93. The van der Waals surface area contributed by atoms with Crippen molar-refractivity contribution < 1.29 is 14.3 Å². The second-order valence-electron chi connectivity index (χ2n) is 3.28. The molecule has 0 heterocycles. The lowest BCUT2D eigenvalue weighted by Gasteiger charge is -2.09. The molecular formula is C14H24N2O3. The molecule has 0 bridgehead atoms. The van der Waals surface area contributed by atoms with Gasteiger partial charge in [0.05, 0.1) is 13.2 Å². The number of carbonyl (C=O) groups excluding carboxylic acids is 1. The number of allylic oxidation sites excluding steroid dienone is 1. The molecule has 0 aromatic rings. The van der Waals surface area contributed by atoms with Gasteiger partial charge in [-0.05, 0) is 19.9 Å². The predicted octanol–water partition coefficient (Wildman–Crippen LogP) is 2.47. The van der Waals surface area contributed by atoms with E-state index in [1.165, 1.54) is 0 Å². The monoisotopic (exact) mass is 268 g/mol. The summed E-state index contributed by atoms with van der Waals surface area (Å²) in [5, 5.41) is 8.95. The van der Waals surface area contributed by atoms with E-state index in [2.05, 4.69) is 0 Å². The normalized spacial score (nSPS) is 10.8. The zero-order valence-corrected chi connectivity index (χ0v) is 12.7. The Bertz CT molecular complexity index is 352. The first-order chi connectivity index (χ1) is 9.06. The Balaban J connectivity index is 0. The molecule has 0 radical (unpaired) electrons. The average Bonchev–Trinajstić information content (AvgIpc) is 2.39. The van der Waals surface area contributed by atoms with Crippen molar-refractivity contribution in [2.45, 2.75) is 27.7 Å². The fourth-order valence-electron chi connectivity index (χ4n) is 0.980. The fourth-order valence-corrected chi connectivity index (χ4v) is 0.980. The van der Waals surface area contributed by atoms with Gasteiger partial charge in [-0.25, -0.2) is 4.79 Å². The first-order valence-electron chi connectivity index (χ1n) is 6.35. The van der Waals surface area contributed by atoms with Crippen LogP contribution in [-0.4, -0.2) is 38.2 Å². The lowest BCUT2D eigenvalue weighted by molar-refractivity contribution is -0.138. The third-order valence-electron chi connectivity index (χ3n) is 1.66. The van der Waals surface area contributed by atoms with Crippen molar-refractivity contribution in [3.63, 3.8) is 0 Å². The number of nitriles is 1. The Kier molecular flexibility index (Phi) is 12.7. The molecular weight excluding hydrogens is 244 g/mol. The second-order valence-corrected chi connectivity index (χ2v) is 3.28. The van der Waals surface area contributed by atoms with E-state index in [1.54, 1.807) is 37.1 Å². The maximum atomic E-state index is 11.5. The van der Waals surface area contributed by atoms with E-state index >= 15 is 0 Å². The highest BCUT2D eigenvalue weighted by Crippen LogP contribution is 2.10. The molecule has 0 aromatic carbocycles. The quantitative estimate of drug-likeness (QED) is 0.243. The van der Waals surface area contributed by atoms with Crippen LogP contribution in [0.4, 0.5) is 0 Å². The maximum absolute atomic E-state index is 11.5. The van der Waals surface area contributed by atoms with Gasteiger partial charge in [-0.2, -0.15) is 5.26 Å². The summed E-state index contributed by atoms with van der Waals surface area (Å²) < 4.78 is 10.0.